The highest BCUT2D eigenvalue weighted by atomic mass is 32.2. The molecule has 3 aromatic carbocycles. The summed E-state index contributed by atoms with van der Waals surface area (Å²) in [5, 5.41) is 6.08. The van der Waals surface area contributed by atoms with Crippen LogP contribution in [0.4, 0.5) is 11.5 Å². The number of pyridine rings is 1. The number of fused-ring (bicyclic) bond motifs is 1. The zero-order valence-electron chi connectivity index (χ0n) is 42.0. The third-order valence-electron chi connectivity index (χ3n) is 12.2. The van der Waals surface area contributed by atoms with Gasteiger partial charge in [-0.25, -0.2) is 18.2 Å². The fraction of sp³-hybridized carbons (Fsp3) is 0.490. The largest absolute Gasteiger partial charge is 0.493 e. The minimum absolute atomic E-state index is 0.0248. The molecule has 19 nitrogen and oxygen atoms in total. The number of aromatic nitrogens is 3. The van der Waals surface area contributed by atoms with Crippen molar-refractivity contribution < 1.29 is 41.7 Å². The van der Waals surface area contributed by atoms with E-state index in [1.807, 2.05) is 43.3 Å². The minimum atomic E-state index is -4.20. The number of anilines is 2. The van der Waals surface area contributed by atoms with E-state index < -0.39 is 10.0 Å². The molecule has 0 radical (unpaired) electrons. The number of nitrogens with one attached hydrogen (secondary N) is 3. The van der Waals surface area contributed by atoms with Crippen LogP contribution in [0.2, 0.25) is 0 Å². The van der Waals surface area contributed by atoms with Gasteiger partial charge in [-0.1, -0.05) is 25.8 Å². The SMILES string of the molecule is CCCOc1cc(OCCCCN(C)CC(=O)NCCCCCCC(=O)NCCN2CCN(c3ccccn3)CC2)cc(Oc2cc3c(cc2NS(=O)(=O)c2ccc(OC)c(OC)c2)n(C)c(=O)n3C)c1. The fourth-order valence-electron chi connectivity index (χ4n) is 8.22. The first-order valence-electron chi connectivity index (χ1n) is 24.4. The summed E-state index contributed by atoms with van der Waals surface area (Å²) in [7, 11) is 3.84. The molecule has 2 aromatic heterocycles. The molecule has 1 fully saturated rings. The molecule has 0 aliphatic carbocycles. The van der Waals surface area contributed by atoms with Crippen molar-refractivity contribution in [3.63, 3.8) is 0 Å². The van der Waals surface area contributed by atoms with Crippen LogP contribution >= 0.6 is 0 Å². The summed E-state index contributed by atoms with van der Waals surface area (Å²) in [6.07, 6.45) is 8.18. The van der Waals surface area contributed by atoms with Crippen molar-refractivity contribution in [1.29, 1.82) is 0 Å². The molecule has 386 valence electrons. The first kappa shape index (κ1) is 53.8. The molecule has 20 heteroatoms. The lowest BCUT2D eigenvalue weighted by Crippen LogP contribution is -2.48. The highest BCUT2D eigenvalue weighted by molar-refractivity contribution is 7.92. The molecule has 3 heterocycles. The number of carbonyl (C=O) groups excluding carboxylic acids is 2. The molecule has 0 saturated carbocycles. The topological polar surface area (TPSA) is 200 Å². The van der Waals surface area contributed by atoms with E-state index in [9.17, 15) is 22.8 Å². The monoisotopic (exact) mass is 1000 g/mol. The van der Waals surface area contributed by atoms with Gasteiger partial charge in [0.15, 0.2) is 17.2 Å². The highest BCUT2D eigenvalue weighted by Crippen LogP contribution is 2.38. The van der Waals surface area contributed by atoms with Crippen molar-refractivity contribution in [2.45, 2.75) is 63.2 Å². The molecule has 1 aliphatic heterocycles. The van der Waals surface area contributed by atoms with Gasteiger partial charge >= 0.3 is 5.69 Å². The Morgan fingerprint density at radius 1 is 0.732 bits per heavy atom. The number of hydrogen-bond donors (Lipinski definition) is 3. The second kappa shape index (κ2) is 26.6. The van der Waals surface area contributed by atoms with Crippen LogP contribution in [-0.2, 0) is 33.7 Å². The Bertz CT molecular complexity index is 2690. The van der Waals surface area contributed by atoms with Crippen LogP contribution in [0.25, 0.3) is 11.0 Å². The van der Waals surface area contributed by atoms with Gasteiger partial charge in [0.2, 0.25) is 11.8 Å². The van der Waals surface area contributed by atoms with E-state index in [2.05, 4.69) is 30.1 Å². The number of imidazole rings is 1. The van der Waals surface area contributed by atoms with Crippen LogP contribution in [0.5, 0.6) is 34.5 Å². The Labute approximate surface area is 417 Å². The van der Waals surface area contributed by atoms with Gasteiger partial charge in [-0.3, -0.25) is 33.2 Å². The van der Waals surface area contributed by atoms with Crippen molar-refractivity contribution in [3.8, 4) is 34.5 Å². The second-order valence-electron chi connectivity index (χ2n) is 17.6. The Morgan fingerprint density at radius 3 is 2.13 bits per heavy atom. The number of hydrogen-bond acceptors (Lipinski definition) is 14. The average molecular weight is 1000 g/mol. The summed E-state index contributed by atoms with van der Waals surface area (Å²) in [6, 6.07) is 18.6. The van der Waals surface area contributed by atoms with Gasteiger partial charge < -0.3 is 39.2 Å². The molecule has 1 aliphatic rings. The van der Waals surface area contributed by atoms with E-state index in [0.717, 1.165) is 77.1 Å². The summed E-state index contributed by atoms with van der Waals surface area (Å²) in [5.41, 5.74) is 0.813. The molecule has 0 unspecified atom stereocenters. The highest BCUT2D eigenvalue weighted by Gasteiger charge is 2.23. The van der Waals surface area contributed by atoms with Gasteiger partial charge in [-0.2, -0.15) is 0 Å². The number of sulfonamides is 1. The van der Waals surface area contributed by atoms with E-state index in [-0.39, 0.29) is 46.1 Å². The molecule has 2 amide bonds. The maximum atomic E-state index is 13.8. The summed E-state index contributed by atoms with van der Waals surface area (Å²) in [4.78, 5) is 49.0. The Kier molecular flexibility index (Phi) is 20.2. The van der Waals surface area contributed by atoms with Crippen molar-refractivity contribution >= 4 is 44.4 Å². The number of amides is 2. The zero-order valence-corrected chi connectivity index (χ0v) is 42.9. The molecule has 6 rings (SSSR count). The quantitative estimate of drug-likeness (QED) is 0.0488. The summed E-state index contributed by atoms with van der Waals surface area (Å²) >= 11 is 0. The van der Waals surface area contributed by atoms with Crippen molar-refractivity contribution in [2.75, 3.05) is 103 Å². The van der Waals surface area contributed by atoms with Gasteiger partial charge in [0, 0.05) is 103 Å². The Morgan fingerprint density at radius 2 is 1.42 bits per heavy atom. The van der Waals surface area contributed by atoms with Gasteiger partial charge in [-0.15, -0.1) is 0 Å². The van der Waals surface area contributed by atoms with Crippen molar-refractivity contribution in [3.05, 3.63) is 83.4 Å². The average Bonchev–Trinajstić information content (AvgIpc) is 3.57. The number of benzene rings is 3. The van der Waals surface area contributed by atoms with Crippen molar-refractivity contribution in [2.24, 2.45) is 14.1 Å². The molecule has 0 bridgehead atoms. The maximum Gasteiger partial charge on any atom is 0.328 e. The van der Waals surface area contributed by atoms with E-state index in [1.54, 1.807) is 44.4 Å². The van der Waals surface area contributed by atoms with Crippen LogP contribution < -0.4 is 49.6 Å². The number of carbonyl (C=O) groups is 2. The number of rotatable bonds is 29. The number of nitrogens with zero attached hydrogens (tertiary/aromatic N) is 6. The van der Waals surface area contributed by atoms with Crippen LogP contribution in [-0.4, -0.2) is 138 Å². The molecule has 71 heavy (non-hydrogen) atoms. The molecular weight excluding hydrogens is 931 g/mol. The van der Waals surface area contributed by atoms with Crippen molar-refractivity contribution in [1.82, 2.24) is 34.6 Å². The second-order valence-corrected chi connectivity index (χ2v) is 19.3. The molecular formula is C51H71N9O10S. The minimum Gasteiger partial charge on any atom is -0.493 e. The van der Waals surface area contributed by atoms with Crippen LogP contribution in [0.15, 0.2) is 82.6 Å². The lowest BCUT2D eigenvalue weighted by Gasteiger charge is -2.35. The number of piperazine rings is 1. The molecule has 3 N–H and O–H groups in total. The maximum absolute atomic E-state index is 13.8. The fourth-order valence-corrected chi connectivity index (χ4v) is 9.30. The standard InChI is InChI=1S/C51H71N9O10S/c1-7-29-68-38-31-39(33-40(32-38)70-46-36-44-43(57(3)51(63)58(44)4)35-42(46)55-71(64,65)41-18-19-45(66-5)47(34-41)67-6)69-30-15-14-23-56(2)37-50(62)53-21-12-9-8-10-17-49(61)54-22-24-59-25-27-60(28-26-59)48-16-11-13-20-52-48/h11,13,16,18-20,31-36,55H,7-10,12,14-15,17,21-30,37H2,1-6H3,(H,53,62)(H,54,61). The van der Waals surface area contributed by atoms with Crippen LogP contribution in [0.3, 0.4) is 0 Å². The first-order valence-corrected chi connectivity index (χ1v) is 25.9. The Balaban J connectivity index is 0.908. The molecule has 0 spiro atoms. The van der Waals surface area contributed by atoms with E-state index >= 15 is 0 Å². The summed E-state index contributed by atoms with van der Waals surface area (Å²) in [5.74, 6) is 3.14. The smallest absolute Gasteiger partial charge is 0.328 e. The van der Waals surface area contributed by atoms with Gasteiger partial charge in [0.05, 0.1) is 55.6 Å². The molecule has 0 atom stereocenters. The number of likely N-dealkylation sites (N-methyl/N-ethyl adjacent to an activating group) is 1. The third kappa shape index (κ3) is 15.7. The first-order chi connectivity index (χ1) is 34.3. The van der Waals surface area contributed by atoms with E-state index in [4.69, 9.17) is 23.7 Å². The molecule has 1 saturated heterocycles. The number of methoxy groups -OCH3 is 2. The number of ether oxygens (including phenoxy) is 5. The van der Waals surface area contributed by atoms with Gasteiger partial charge in [0.1, 0.15) is 23.1 Å². The normalized spacial score (nSPS) is 13.0. The van der Waals surface area contributed by atoms with Gasteiger partial charge in [0.25, 0.3) is 10.0 Å². The van der Waals surface area contributed by atoms with Gasteiger partial charge in [-0.05, 0) is 76.0 Å². The molecule has 5 aromatic rings. The zero-order chi connectivity index (χ0) is 50.8. The lowest BCUT2D eigenvalue weighted by atomic mass is 10.1. The summed E-state index contributed by atoms with van der Waals surface area (Å²) < 4.78 is 62.4. The number of unbranched alkanes of at least 4 members (excludes halogenated alkanes) is 4. The van der Waals surface area contributed by atoms with E-state index in [1.165, 1.54) is 41.6 Å². The van der Waals surface area contributed by atoms with Crippen LogP contribution in [0, 0.1) is 0 Å². The Hall–Kier alpha value is -6.51. The lowest BCUT2D eigenvalue weighted by molar-refractivity contribution is -0.122. The van der Waals surface area contributed by atoms with Crippen LogP contribution in [0.1, 0.15) is 58.3 Å². The van der Waals surface area contributed by atoms with E-state index in [0.29, 0.717) is 79.7 Å². The summed E-state index contributed by atoms with van der Waals surface area (Å²) in [6.45, 7) is 9.69. The number of aryl methyl sites for hydroxylation is 2. The predicted octanol–water partition coefficient (Wildman–Crippen LogP) is 5.77. The predicted molar refractivity (Wildman–Crippen MR) is 275 cm³/mol. The third-order valence-corrected chi connectivity index (χ3v) is 13.6.